The molecule has 2 saturated carbocycles. The molecule has 206 valence electrons. The zero-order valence-corrected chi connectivity index (χ0v) is 22.9. The fraction of sp³-hybridized carbons (Fsp3) is 0.387. The second-order valence-corrected chi connectivity index (χ2v) is 11.4. The van der Waals surface area contributed by atoms with Crippen molar-refractivity contribution in [2.24, 2.45) is 0 Å². The number of amides is 1. The molecule has 0 atom stereocenters. The molecule has 5 rings (SSSR count). The number of benzene rings is 3. The smallest absolute Gasteiger partial charge is 0.387 e. The average Bonchev–Trinajstić information content (AvgIpc) is 3.84. The molecular weight excluding hydrogens is 518 g/mol. The van der Waals surface area contributed by atoms with Gasteiger partial charge >= 0.3 is 6.61 Å². The van der Waals surface area contributed by atoms with Gasteiger partial charge in [-0.2, -0.15) is 8.78 Å². The Morgan fingerprint density at radius 3 is 2.26 bits per heavy atom. The summed E-state index contributed by atoms with van der Waals surface area (Å²) in [5.74, 6) is 1.56. The van der Waals surface area contributed by atoms with Gasteiger partial charge in [0, 0.05) is 29.2 Å². The molecule has 0 radical (unpaired) electrons. The molecule has 8 heteroatoms. The lowest BCUT2D eigenvalue weighted by atomic mass is 10.0. The third-order valence-electron chi connectivity index (χ3n) is 7.11. The number of nitrogens with one attached hydrogen (secondary N) is 1. The van der Waals surface area contributed by atoms with Gasteiger partial charge in [-0.05, 0) is 102 Å². The van der Waals surface area contributed by atoms with E-state index in [0.717, 1.165) is 47.6 Å². The molecule has 0 aromatic heterocycles. The number of hydrogen-bond donors (Lipinski definition) is 2. The van der Waals surface area contributed by atoms with Crippen LogP contribution < -0.4 is 15.0 Å². The molecular formula is C31H34F2N2O3S. The maximum atomic E-state index is 13.5. The molecule has 0 aliphatic heterocycles. The number of thioether (sulfide) groups is 1. The number of aliphatic hydroxyl groups is 1. The maximum absolute atomic E-state index is 13.5. The SMILES string of the molecule is CCSc1ccc(CNC(=O)c2ccc(N(CCO)c3cc(C4CC4)cc(C4CC4)c3)c(OC(F)F)c2)cc1. The molecule has 2 fully saturated rings. The van der Waals surface area contributed by atoms with Gasteiger partial charge in [0.2, 0.25) is 0 Å². The summed E-state index contributed by atoms with van der Waals surface area (Å²) in [6.45, 7) is -0.613. The number of carbonyl (C=O) groups is 1. The van der Waals surface area contributed by atoms with E-state index in [1.165, 1.54) is 17.2 Å². The standard InChI is InChI=1S/C31H34F2N2O3S/c1-2-39-27-10-3-20(4-11-27)19-34-30(37)23-9-12-28(29(18-23)38-31(32)33)35(13-14-36)26-16-24(21-5-6-21)15-25(17-26)22-7-8-22/h3-4,9-12,15-18,21-22,31,36H,2,5-8,13-14,19H2,1H3,(H,34,37). The summed E-state index contributed by atoms with van der Waals surface area (Å²) in [6, 6.07) is 19.0. The number of ether oxygens (including phenoxy) is 1. The van der Waals surface area contributed by atoms with Crippen molar-refractivity contribution >= 4 is 29.0 Å². The first-order valence-electron chi connectivity index (χ1n) is 13.6. The van der Waals surface area contributed by atoms with Crippen LogP contribution in [-0.2, 0) is 6.54 Å². The number of carbonyl (C=O) groups excluding carboxylic acids is 1. The Labute approximate surface area is 232 Å². The summed E-state index contributed by atoms with van der Waals surface area (Å²) >= 11 is 1.75. The van der Waals surface area contributed by atoms with Gasteiger partial charge in [-0.1, -0.05) is 25.1 Å². The normalized spacial score (nSPS) is 14.9. The van der Waals surface area contributed by atoms with Crippen LogP contribution in [0, 0.1) is 0 Å². The molecule has 0 unspecified atom stereocenters. The van der Waals surface area contributed by atoms with E-state index in [9.17, 15) is 18.7 Å². The maximum Gasteiger partial charge on any atom is 0.387 e. The Bertz CT molecular complexity index is 1260. The van der Waals surface area contributed by atoms with Crippen molar-refractivity contribution in [1.82, 2.24) is 5.32 Å². The highest BCUT2D eigenvalue weighted by Gasteiger charge is 2.30. The Morgan fingerprint density at radius 1 is 1.03 bits per heavy atom. The number of halogens is 2. The van der Waals surface area contributed by atoms with Crippen LogP contribution in [0.1, 0.15) is 71.5 Å². The fourth-order valence-corrected chi connectivity index (χ4v) is 5.49. The van der Waals surface area contributed by atoms with Crippen LogP contribution in [0.15, 0.2) is 65.6 Å². The van der Waals surface area contributed by atoms with E-state index < -0.39 is 6.61 Å². The molecule has 2 N–H and O–H groups in total. The highest BCUT2D eigenvalue weighted by Crippen LogP contribution is 2.47. The first-order chi connectivity index (χ1) is 18.9. The molecule has 1 amide bonds. The van der Waals surface area contributed by atoms with E-state index >= 15 is 0 Å². The van der Waals surface area contributed by atoms with Crippen molar-refractivity contribution in [2.45, 2.75) is 62.5 Å². The van der Waals surface area contributed by atoms with Gasteiger partial charge in [-0.15, -0.1) is 11.8 Å². The molecule has 2 aliphatic carbocycles. The number of anilines is 2. The minimum Gasteiger partial charge on any atom is -0.433 e. The molecule has 3 aromatic rings. The highest BCUT2D eigenvalue weighted by atomic mass is 32.2. The minimum atomic E-state index is -3.06. The van der Waals surface area contributed by atoms with Crippen molar-refractivity contribution in [3.05, 3.63) is 82.9 Å². The summed E-state index contributed by atoms with van der Waals surface area (Å²) in [7, 11) is 0. The Hall–Kier alpha value is -3.10. The van der Waals surface area contributed by atoms with Gasteiger partial charge in [-0.25, -0.2) is 0 Å². The topological polar surface area (TPSA) is 61.8 Å². The van der Waals surface area contributed by atoms with Gasteiger partial charge in [-0.3, -0.25) is 4.79 Å². The first kappa shape index (κ1) is 27.5. The quantitative estimate of drug-likeness (QED) is 0.219. The van der Waals surface area contributed by atoms with E-state index in [-0.39, 0.29) is 30.4 Å². The second-order valence-electron chi connectivity index (χ2n) is 10.1. The third kappa shape index (κ3) is 7.11. The predicted molar refractivity (Wildman–Crippen MR) is 152 cm³/mol. The van der Waals surface area contributed by atoms with Crippen LogP contribution in [0.25, 0.3) is 0 Å². The van der Waals surface area contributed by atoms with E-state index in [4.69, 9.17) is 4.74 Å². The molecule has 0 heterocycles. The van der Waals surface area contributed by atoms with Gasteiger partial charge in [0.15, 0.2) is 5.75 Å². The zero-order chi connectivity index (χ0) is 27.4. The Kier molecular flexibility index (Phi) is 8.72. The number of alkyl halides is 2. The van der Waals surface area contributed by atoms with E-state index in [0.29, 0.717) is 24.1 Å². The number of aliphatic hydroxyl groups excluding tert-OH is 1. The summed E-state index contributed by atoms with van der Waals surface area (Å²) in [5, 5.41) is 12.7. The second kappa shape index (κ2) is 12.4. The largest absolute Gasteiger partial charge is 0.433 e. The Balaban J connectivity index is 1.40. The highest BCUT2D eigenvalue weighted by molar-refractivity contribution is 7.99. The minimum absolute atomic E-state index is 0.100. The first-order valence-corrected chi connectivity index (χ1v) is 14.6. The Morgan fingerprint density at radius 2 is 1.69 bits per heavy atom. The molecule has 0 saturated heterocycles. The van der Waals surface area contributed by atoms with Gasteiger partial charge < -0.3 is 20.1 Å². The lowest BCUT2D eigenvalue weighted by molar-refractivity contribution is -0.0495. The molecule has 39 heavy (non-hydrogen) atoms. The predicted octanol–water partition coefficient (Wildman–Crippen LogP) is 7.22. The van der Waals surface area contributed by atoms with E-state index in [2.05, 4.69) is 30.4 Å². The van der Waals surface area contributed by atoms with Crippen LogP contribution >= 0.6 is 11.8 Å². The van der Waals surface area contributed by atoms with Crippen LogP contribution in [0.3, 0.4) is 0 Å². The number of hydrogen-bond acceptors (Lipinski definition) is 5. The summed E-state index contributed by atoms with van der Waals surface area (Å²) in [6.07, 6.45) is 4.61. The lowest BCUT2D eigenvalue weighted by Crippen LogP contribution is -2.25. The van der Waals surface area contributed by atoms with Crippen molar-refractivity contribution in [2.75, 3.05) is 23.8 Å². The summed E-state index contributed by atoms with van der Waals surface area (Å²) in [5.41, 5.74) is 4.91. The zero-order valence-electron chi connectivity index (χ0n) is 22.0. The molecule has 2 aliphatic rings. The van der Waals surface area contributed by atoms with Crippen LogP contribution in [-0.4, -0.2) is 36.5 Å². The summed E-state index contributed by atoms with van der Waals surface area (Å²) < 4.78 is 31.9. The van der Waals surface area contributed by atoms with Crippen LogP contribution in [0.4, 0.5) is 20.2 Å². The van der Waals surface area contributed by atoms with E-state index in [1.807, 2.05) is 29.2 Å². The monoisotopic (exact) mass is 552 g/mol. The molecule has 5 nitrogen and oxygen atoms in total. The third-order valence-corrected chi connectivity index (χ3v) is 8.01. The van der Waals surface area contributed by atoms with Gasteiger partial charge in [0.25, 0.3) is 5.91 Å². The number of rotatable bonds is 13. The van der Waals surface area contributed by atoms with Crippen molar-refractivity contribution in [3.8, 4) is 5.75 Å². The van der Waals surface area contributed by atoms with Crippen LogP contribution in [0.5, 0.6) is 5.75 Å². The lowest BCUT2D eigenvalue weighted by Gasteiger charge is -2.28. The van der Waals surface area contributed by atoms with Gasteiger partial charge in [0.1, 0.15) is 0 Å². The fourth-order valence-electron chi connectivity index (χ4n) is 4.83. The van der Waals surface area contributed by atoms with Crippen molar-refractivity contribution in [3.63, 3.8) is 0 Å². The van der Waals surface area contributed by atoms with Crippen LogP contribution in [0.2, 0.25) is 0 Å². The van der Waals surface area contributed by atoms with Crippen molar-refractivity contribution < 1.29 is 23.4 Å². The summed E-state index contributed by atoms with van der Waals surface area (Å²) in [4.78, 5) is 15.9. The van der Waals surface area contributed by atoms with E-state index in [1.54, 1.807) is 23.9 Å². The van der Waals surface area contributed by atoms with Gasteiger partial charge in [0.05, 0.1) is 12.3 Å². The van der Waals surface area contributed by atoms with Crippen molar-refractivity contribution in [1.29, 1.82) is 0 Å². The molecule has 3 aromatic carbocycles. The number of nitrogens with zero attached hydrogens (tertiary/aromatic N) is 1. The molecule has 0 bridgehead atoms. The average molecular weight is 553 g/mol. The molecule has 0 spiro atoms.